The smallest absolute Gasteiger partial charge is 0.274 e. The van der Waals surface area contributed by atoms with Gasteiger partial charge in [-0.1, -0.05) is 58.8 Å². The molecule has 2 aromatic heterocycles. The van der Waals surface area contributed by atoms with Crippen LogP contribution in [0, 0.1) is 0 Å². The Morgan fingerprint density at radius 2 is 1.86 bits per heavy atom. The first-order chi connectivity index (χ1) is 18.0. The number of hydrogen-bond donors (Lipinski definition) is 0. The number of ether oxygens (including phenoxy) is 3. The Kier molecular flexibility index (Phi) is 7.37. The second-order valence-electron chi connectivity index (χ2n) is 8.12. The van der Waals surface area contributed by atoms with Crippen LogP contribution in [0.15, 0.2) is 72.0 Å². The molecule has 0 N–H and O–H groups in total. The summed E-state index contributed by atoms with van der Waals surface area (Å²) in [5.41, 5.74) is 3.06. The van der Waals surface area contributed by atoms with Crippen molar-refractivity contribution < 1.29 is 14.2 Å². The van der Waals surface area contributed by atoms with Gasteiger partial charge in [-0.25, -0.2) is 9.38 Å². The van der Waals surface area contributed by atoms with Gasteiger partial charge in [-0.2, -0.15) is 0 Å². The topological polar surface area (TPSA) is 62.1 Å². The Morgan fingerprint density at radius 3 is 2.68 bits per heavy atom. The number of benzene rings is 3. The number of aromatic nitrogens is 2. The molecule has 2 heterocycles. The van der Waals surface area contributed by atoms with Crippen molar-refractivity contribution in [3.63, 3.8) is 0 Å². The summed E-state index contributed by atoms with van der Waals surface area (Å²) in [6.07, 6.45) is 4.30. The lowest BCUT2D eigenvalue weighted by Gasteiger charge is -2.14. The van der Waals surface area contributed by atoms with Gasteiger partial charge in [0.15, 0.2) is 16.5 Å². The minimum Gasteiger partial charge on any atom is -0.493 e. The molecule has 3 aromatic carbocycles. The fourth-order valence-corrected chi connectivity index (χ4v) is 5.55. The Bertz CT molecular complexity index is 1730. The summed E-state index contributed by atoms with van der Waals surface area (Å²) >= 11 is 14.0. The van der Waals surface area contributed by atoms with Crippen molar-refractivity contribution in [1.29, 1.82) is 0 Å². The molecule has 188 valence electrons. The van der Waals surface area contributed by atoms with Crippen LogP contribution in [-0.4, -0.2) is 29.7 Å². The predicted molar refractivity (Wildman–Crippen MR) is 150 cm³/mol. The molecular formula is C28H22Cl2N2O4S. The van der Waals surface area contributed by atoms with Gasteiger partial charge in [0.1, 0.15) is 19.0 Å². The summed E-state index contributed by atoms with van der Waals surface area (Å²) in [5, 5.41) is 0.771. The third kappa shape index (κ3) is 5.16. The molecule has 0 saturated heterocycles. The van der Waals surface area contributed by atoms with Crippen molar-refractivity contribution in [3.8, 4) is 17.2 Å². The monoisotopic (exact) mass is 552 g/mol. The van der Waals surface area contributed by atoms with Crippen molar-refractivity contribution in [2.75, 3.05) is 20.3 Å². The Labute approximate surface area is 226 Å². The van der Waals surface area contributed by atoms with Gasteiger partial charge in [-0.15, -0.1) is 6.58 Å². The average Bonchev–Trinajstić information content (AvgIpc) is 3.39. The normalized spacial score (nSPS) is 11.8. The quantitative estimate of drug-likeness (QED) is 0.167. The van der Waals surface area contributed by atoms with Crippen LogP contribution in [0.3, 0.4) is 0 Å². The van der Waals surface area contributed by atoms with Crippen LogP contribution >= 0.6 is 34.5 Å². The summed E-state index contributed by atoms with van der Waals surface area (Å²) in [6.45, 7) is 4.22. The first-order valence-electron chi connectivity index (χ1n) is 11.4. The lowest BCUT2D eigenvalue weighted by molar-refractivity contribution is 0.211. The van der Waals surface area contributed by atoms with Crippen LogP contribution in [0.5, 0.6) is 17.2 Å². The second-order valence-corrected chi connectivity index (χ2v) is 9.97. The summed E-state index contributed by atoms with van der Waals surface area (Å²) in [7, 11) is 1.60. The Morgan fingerprint density at radius 1 is 1.05 bits per heavy atom. The molecule has 0 spiro atoms. The van der Waals surface area contributed by atoms with E-state index in [0.29, 0.717) is 42.4 Å². The Balaban J connectivity index is 1.39. The van der Waals surface area contributed by atoms with Crippen molar-refractivity contribution in [2.24, 2.45) is 0 Å². The zero-order valence-corrected chi connectivity index (χ0v) is 22.2. The first-order valence-corrected chi connectivity index (χ1v) is 13.0. The van der Waals surface area contributed by atoms with E-state index in [-0.39, 0.29) is 18.8 Å². The molecule has 5 aromatic rings. The third-order valence-corrected chi connectivity index (χ3v) is 7.13. The van der Waals surface area contributed by atoms with Crippen LogP contribution in [0.4, 0.5) is 0 Å². The van der Waals surface area contributed by atoms with Crippen LogP contribution < -0.4 is 24.3 Å². The number of halogens is 2. The molecule has 0 amide bonds. The highest BCUT2D eigenvalue weighted by atomic mass is 35.5. The number of methoxy groups -OCH3 is 1. The number of hydrogen-bond acceptors (Lipinski definition) is 6. The maximum absolute atomic E-state index is 13.2. The van der Waals surface area contributed by atoms with Crippen LogP contribution in [0.25, 0.3) is 22.1 Å². The highest BCUT2D eigenvalue weighted by Gasteiger charge is 2.14. The van der Waals surface area contributed by atoms with Gasteiger partial charge in [0.05, 0.1) is 27.7 Å². The zero-order valence-electron chi connectivity index (χ0n) is 19.9. The Hall–Kier alpha value is -3.52. The van der Waals surface area contributed by atoms with Gasteiger partial charge in [0, 0.05) is 10.6 Å². The van der Waals surface area contributed by atoms with E-state index in [1.165, 1.54) is 11.3 Å². The van der Waals surface area contributed by atoms with Crippen molar-refractivity contribution in [3.05, 3.63) is 103 Å². The maximum Gasteiger partial charge on any atom is 0.274 e. The largest absolute Gasteiger partial charge is 0.493 e. The number of fused-ring (bicyclic) bond motifs is 3. The summed E-state index contributed by atoms with van der Waals surface area (Å²) in [5.74, 6) is 1.66. The molecule has 0 fully saturated rings. The molecule has 0 aliphatic carbocycles. The number of allylic oxidation sites excluding steroid dienone is 1. The third-order valence-electron chi connectivity index (χ3n) is 5.66. The molecular weight excluding hydrogens is 531 g/mol. The SMILES string of the molecule is C=CCc1ccc(OCCOc2c(Cl)cc(Cl)cc2/C=c2\sc3nc4ccccc4n3c2=O)c(OC)c1. The minimum absolute atomic E-state index is 0.161. The van der Waals surface area contributed by atoms with Gasteiger partial charge in [-0.3, -0.25) is 4.79 Å². The molecule has 9 heteroatoms. The molecule has 0 saturated carbocycles. The highest BCUT2D eigenvalue weighted by molar-refractivity contribution is 7.15. The van der Waals surface area contributed by atoms with Gasteiger partial charge in [0.2, 0.25) is 0 Å². The molecule has 0 aliphatic rings. The number of thiazole rings is 1. The number of para-hydroxylation sites is 2. The van der Waals surface area contributed by atoms with Crippen molar-refractivity contribution >= 4 is 56.6 Å². The van der Waals surface area contributed by atoms with Crippen LogP contribution in [0.1, 0.15) is 11.1 Å². The molecule has 6 nitrogen and oxygen atoms in total. The van der Waals surface area contributed by atoms with Gasteiger partial charge in [-0.05, 0) is 54.5 Å². The number of imidazole rings is 1. The van der Waals surface area contributed by atoms with Crippen molar-refractivity contribution in [2.45, 2.75) is 6.42 Å². The van der Waals surface area contributed by atoms with E-state index in [1.54, 1.807) is 29.7 Å². The lowest BCUT2D eigenvalue weighted by Crippen LogP contribution is -2.22. The summed E-state index contributed by atoms with van der Waals surface area (Å²) < 4.78 is 19.4. The van der Waals surface area contributed by atoms with E-state index < -0.39 is 0 Å². The number of nitrogens with zero attached hydrogens (tertiary/aromatic N) is 2. The van der Waals surface area contributed by atoms with E-state index in [4.69, 9.17) is 37.4 Å². The number of rotatable bonds is 9. The van der Waals surface area contributed by atoms with E-state index in [2.05, 4.69) is 11.6 Å². The fraction of sp³-hybridized carbons (Fsp3) is 0.143. The maximum atomic E-state index is 13.2. The van der Waals surface area contributed by atoms with Gasteiger partial charge >= 0.3 is 0 Å². The minimum atomic E-state index is -0.161. The average molecular weight is 553 g/mol. The van der Waals surface area contributed by atoms with Gasteiger partial charge < -0.3 is 14.2 Å². The second kappa shape index (κ2) is 10.8. The molecule has 0 aliphatic heterocycles. The van der Waals surface area contributed by atoms with E-state index in [9.17, 15) is 4.79 Å². The molecule has 0 unspecified atom stereocenters. The fourth-order valence-electron chi connectivity index (χ4n) is 4.01. The molecule has 5 rings (SSSR count). The molecule has 0 bridgehead atoms. The van der Waals surface area contributed by atoms with Crippen molar-refractivity contribution in [1.82, 2.24) is 9.38 Å². The van der Waals surface area contributed by atoms with E-state index >= 15 is 0 Å². The van der Waals surface area contributed by atoms with E-state index in [0.717, 1.165) is 23.0 Å². The first kappa shape index (κ1) is 25.1. The molecule has 0 radical (unpaired) electrons. The molecule has 0 atom stereocenters. The summed E-state index contributed by atoms with van der Waals surface area (Å²) in [6, 6.07) is 16.6. The highest BCUT2D eigenvalue weighted by Crippen LogP contribution is 2.33. The zero-order chi connectivity index (χ0) is 25.9. The van der Waals surface area contributed by atoms with Gasteiger partial charge in [0.25, 0.3) is 5.56 Å². The van der Waals surface area contributed by atoms with Crippen LogP contribution in [-0.2, 0) is 6.42 Å². The lowest BCUT2D eigenvalue weighted by atomic mass is 10.1. The summed E-state index contributed by atoms with van der Waals surface area (Å²) in [4.78, 5) is 18.4. The standard InChI is InChI=1S/C28H22Cl2N2O4S/c1-3-6-17-9-10-23(24(13-17)34-2)35-11-12-36-26-18(14-19(29)16-20(26)30)15-25-27(33)32-22-8-5-4-7-21(22)31-28(32)37-25/h3-5,7-10,13-16H,1,6,11-12H2,2H3/b25-15-. The van der Waals surface area contributed by atoms with E-state index in [1.807, 2.05) is 48.5 Å². The van der Waals surface area contributed by atoms with Crippen LogP contribution in [0.2, 0.25) is 10.0 Å². The predicted octanol–water partition coefficient (Wildman–Crippen LogP) is 5.96. The molecule has 37 heavy (non-hydrogen) atoms.